The number of aliphatic hydroxyl groups is 1. The molecule has 5 nitrogen and oxygen atoms in total. The Bertz CT molecular complexity index is 345. The zero-order chi connectivity index (χ0) is 16.8. The monoisotopic (exact) mass is 328 g/mol. The van der Waals surface area contributed by atoms with Gasteiger partial charge in [-0.2, -0.15) is 0 Å². The van der Waals surface area contributed by atoms with Crippen LogP contribution < -0.4 is 0 Å². The number of nitrogens with zero attached hydrogens (tertiary/aromatic N) is 2. The number of methoxy groups -OCH3 is 1. The number of rotatable bonds is 8. The van der Waals surface area contributed by atoms with Crippen LogP contribution in [-0.2, 0) is 9.47 Å². The fraction of sp³-hybridized carbons (Fsp3) is 1.00. The van der Waals surface area contributed by atoms with Gasteiger partial charge in [0.25, 0.3) is 0 Å². The van der Waals surface area contributed by atoms with Crippen LogP contribution in [0.5, 0.6) is 0 Å². The fourth-order valence-electron chi connectivity index (χ4n) is 4.26. The summed E-state index contributed by atoms with van der Waals surface area (Å²) in [6, 6.07) is 0. The molecule has 0 bridgehead atoms. The molecular formula is C18H36N2O3. The molecule has 2 aliphatic rings. The van der Waals surface area contributed by atoms with E-state index >= 15 is 0 Å². The lowest BCUT2D eigenvalue weighted by molar-refractivity contribution is -0.0401. The zero-order valence-electron chi connectivity index (χ0n) is 15.4. The van der Waals surface area contributed by atoms with Crippen LogP contribution in [-0.4, -0.2) is 86.7 Å². The molecule has 0 radical (unpaired) electrons. The highest BCUT2D eigenvalue weighted by atomic mass is 16.5. The third kappa shape index (κ3) is 5.40. The molecule has 0 spiro atoms. The summed E-state index contributed by atoms with van der Waals surface area (Å²) in [5.74, 6) is 0. The maximum Gasteiger partial charge on any atom is 0.0594 e. The predicted octanol–water partition coefficient (Wildman–Crippen LogP) is 1.60. The van der Waals surface area contributed by atoms with Crippen molar-refractivity contribution in [1.29, 1.82) is 0 Å². The second-order valence-corrected chi connectivity index (χ2v) is 7.98. The Labute approximate surface area is 141 Å². The second-order valence-electron chi connectivity index (χ2n) is 7.98. The predicted molar refractivity (Wildman–Crippen MR) is 92.8 cm³/mol. The summed E-state index contributed by atoms with van der Waals surface area (Å²) in [7, 11) is 1.75. The van der Waals surface area contributed by atoms with Crippen molar-refractivity contribution in [2.45, 2.75) is 45.1 Å². The van der Waals surface area contributed by atoms with Crippen molar-refractivity contribution < 1.29 is 14.6 Å². The standard InChI is InChI=1S/C18H36N2O3/c1-17(2,20-9-12-23-13-10-20)14-19-8-4-6-18(15-19,16-21)7-5-11-22-3/h21H,4-16H2,1-3H3/t18-/m0/s1. The van der Waals surface area contributed by atoms with E-state index in [1.165, 1.54) is 6.42 Å². The van der Waals surface area contributed by atoms with Gasteiger partial charge in [-0.05, 0) is 46.1 Å². The highest BCUT2D eigenvalue weighted by Crippen LogP contribution is 2.35. The molecule has 2 fully saturated rings. The summed E-state index contributed by atoms with van der Waals surface area (Å²) in [4.78, 5) is 5.12. The summed E-state index contributed by atoms with van der Waals surface area (Å²) in [6.07, 6.45) is 4.43. The van der Waals surface area contributed by atoms with E-state index in [0.29, 0.717) is 6.61 Å². The van der Waals surface area contributed by atoms with Crippen LogP contribution in [0.25, 0.3) is 0 Å². The molecule has 1 atom stereocenters. The van der Waals surface area contributed by atoms with E-state index in [4.69, 9.17) is 9.47 Å². The number of aliphatic hydroxyl groups excluding tert-OH is 1. The average Bonchev–Trinajstić information content (AvgIpc) is 2.56. The fourth-order valence-corrected chi connectivity index (χ4v) is 4.26. The van der Waals surface area contributed by atoms with Crippen LogP contribution in [0.2, 0.25) is 0 Å². The lowest BCUT2D eigenvalue weighted by Gasteiger charge is -2.48. The van der Waals surface area contributed by atoms with Crippen LogP contribution in [0.4, 0.5) is 0 Å². The Morgan fingerprint density at radius 1 is 1.22 bits per heavy atom. The summed E-state index contributed by atoms with van der Waals surface area (Å²) in [5, 5.41) is 10.0. The molecule has 0 aromatic carbocycles. The van der Waals surface area contributed by atoms with Crippen molar-refractivity contribution in [2.24, 2.45) is 5.41 Å². The van der Waals surface area contributed by atoms with Gasteiger partial charge in [0.1, 0.15) is 0 Å². The smallest absolute Gasteiger partial charge is 0.0594 e. The third-order valence-corrected chi connectivity index (χ3v) is 5.61. The van der Waals surface area contributed by atoms with E-state index in [2.05, 4.69) is 23.6 Å². The van der Waals surface area contributed by atoms with Gasteiger partial charge in [-0.25, -0.2) is 0 Å². The van der Waals surface area contributed by atoms with E-state index in [1.807, 2.05) is 0 Å². The molecule has 0 aromatic heterocycles. The van der Waals surface area contributed by atoms with Gasteiger partial charge in [-0.3, -0.25) is 4.90 Å². The first-order chi connectivity index (χ1) is 11.0. The van der Waals surface area contributed by atoms with Gasteiger partial charge in [0.05, 0.1) is 13.2 Å². The van der Waals surface area contributed by atoms with Gasteiger partial charge in [-0.15, -0.1) is 0 Å². The van der Waals surface area contributed by atoms with Crippen molar-refractivity contribution in [3.05, 3.63) is 0 Å². The second kappa shape index (κ2) is 8.77. The summed E-state index contributed by atoms with van der Waals surface area (Å²) < 4.78 is 10.7. The van der Waals surface area contributed by atoms with Crippen molar-refractivity contribution in [2.75, 3.05) is 66.3 Å². The molecule has 2 saturated heterocycles. The van der Waals surface area contributed by atoms with Crippen molar-refractivity contribution >= 4 is 0 Å². The van der Waals surface area contributed by atoms with Gasteiger partial charge in [0.2, 0.25) is 0 Å². The van der Waals surface area contributed by atoms with Gasteiger partial charge >= 0.3 is 0 Å². The minimum atomic E-state index is 0.0673. The molecule has 1 N–H and O–H groups in total. The molecule has 0 unspecified atom stereocenters. The maximum atomic E-state index is 10.0. The number of morpholine rings is 1. The molecule has 136 valence electrons. The van der Waals surface area contributed by atoms with Crippen LogP contribution in [0.15, 0.2) is 0 Å². The average molecular weight is 328 g/mol. The Hall–Kier alpha value is -0.200. The topological polar surface area (TPSA) is 45.2 Å². The van der Waals surface area contributed by atoms with Crippen molar-refractivity contribution in [3.8, 4) is 0 Å². The molecule has 0 saturated carbocycles. The largest absolute Gasteiger partial charge is 0.396 e. The maximum absolute atomic E-state index is 10.0. The van der Waals surface area contributed by atoms with Crippen LogP contribution in [0.1, 0.15) is 39.5 Å². The van der Waals surface area contributed by atoms with Crippen LogP contribution in [0.3, 0.4) is 0 Å². The third-order valence-electron chi connectivity index (χ3n) is 5.61. The Balaban J connectivity index is 1.91. The van der Waals surface area contributed by atoms with Gasteiger partial charge < -0.3 is 19.5 Å². The first-order valence-corrected chi connectivity index (χ1v) is 9.16. The molecule has 0 amide bonds. The quantitative estimate of drug-likeness (QED) is 0.686. The molecule has 0 aliphatic carbocycles. The van der Waals surface area contributed by atoms with Gasteiger partial charge in [-0.1, -0.05) is 0 Å². The van der Waals surface area contributed by atoms with Crippen LogP contribution in [0, 0.1) is 5.41 Å². The molecule has 23 heavy (non-hydrogen) atoms. The molecule has 0 aromatic rings. The zero-order valence-corrected chi connectivity index (χ0v) is 15.4. The van der Waals surface area contributed by atoms with Crippen molar-refractivity contribution in [3.63, 3.8) is 0 Å². The number of likely N-dealkylation sites (tertiary alicyclic amines) is 1. The normalized spacial score (nSPS) is 28.2. The minimum absolute atomic E-state index is 0.0673. The molecule has 2 rings (SSSR count). The summed E-state index contributed by atoms with van der Waals surface area (Å²) >= 11 is 0. The Morgan fingerprint density at radius 3 is 2.61 bits per heavy atom. The highest BCUT2D eigenvalue weighted by molar-refractivity contribution is 4.92. The van der Waals surface area contributed by atoms with Crippen LogP contribution >= 0.6 is 0 Å². The molecule has 5 heteroatoms. The Morgan fingerprint density at radius 2 is 1.96 bits per heavy atom. The lowest BCUT2D eigenvalue weighted by atomic mass is 9.76. The lowest BCUT2D eigenvalue weighted by Crippen LogP contribution is -2.57. The SMILES string of the molecule is COCCC[C@@]1(CO)CCCN(CC(C)(C)N2CCOCC2)C1. The molecule has 2 heterocycles. The number of hydrogen-bond donors (Lipinski definition) is 1. The van der Waals surface area contributed by atoms with E-state index < -0.39 is 0 Å². The molecular weight excluding hydrogens is 292 g/mol. The summed E-state index contributed by atoms with van der Waals surface area (Å²) in [5.41, 5.74) is 0.229. The number of ether oxygens (including phenoxy) is 2. The van der Waals surface area contributed by atoms with Gasteiger partial charge in [0, 0.05) is 57.5 Å². The van der Waals surface area contributed by atoms with E-state index in [9.17, 15) is 5.11 Å². The Kier molecular flexibility index (Phi) is 7.29. The van der Waals surface area contributed by atoms with E-state index in [-0.39, 0.29) is 11.0 Å². The first kappa shape index (κ1) is 19.1. The number of piperidine rings is 1. The van der Waals surface area contributed by atoms with E-state index in [0.717, 1.165) is 71.8 Å². The van der Waals surface area contributed by atoms with E-state index in [1.54, 1.807) is 7.11 Å². The highest BCUT2D eigenvalue weighted by Gasteiger charge is 2.37. The minimum Gasteiger partial charge on any atom is -0.396 e. The van der Waals surface area contributed by atoms with Gasteiger partial charge in [0.15, 0.2) is 0 Å². The first-order valence-electron chi connectivity index (χ1n) is 9.16. The molecule has 2 aliphatic heterocycles. The number of hydrogen-bond acceptors (Lipinski definition) is 5. The summed E-state index contributed by atoms with van der Waals surface area (Å²) in [6.45, 7) is 12.8. The van der Waals surface area contributed by atoms with Crippen molar-refractivity contribution in [1.82, 2.24) is 9.80 Å².